The standard InChI is InChI=1S/C14H14N2O5/c1-14(18,7-15-13(17)11-4-5-16-21-11)9-2-3-10-12(6-9)20-8-19-10/h2-6,18H,7-8H2,1H3,(H,15,17)/t14-/m0/s1. The van der Waals surface area contributed by atoms with Gasteiger partial charge in [-0.2, -0.15) is 0 Å². The molecule has 0 fully saturated rings. The number of ether oxygens (including phenoxy) is 2. The van der Waals surface area contributed by atoms with Crippen molar-refractivity contribution in [1.82, 2.24) is 10.5 Å². The highest BCUT2D eigenvalue weighted by molar-refractivity contribution is 5.91. The first kappa shape index (κ1) is 13.4. The Morgan fingerprint density at radius 3 is 2.95 bits per heavy atom. The van der Waals surface area contributed by atoms with E-state index in [1.54, 1.807) is 25.1 Å². The fraction of sp³-hybridized carbons (Fsp3) is 0.286. The summed E-state index contributed by atoms with van der Waals surface area (Å²) in [4.78, 5) is 11.8. The maximum atomic E-state index is 11.8. The monoisotopic (exact) mass is 290 g/mol. The molecule has 0 radical (unpaired) electrons. The molecule has 0 bridgehead atoms. The lowest BCUT2D eigenvalue weighted by Gasteiger charge is -2.24. The Morgan fingerprint density at radius 1 is 1.38 bits per heavy atom. The van der Waals surface area contributed by atoms with Crippen LogP contribution in [0.15, 0.2) is 35.0 Å². The molecule has 0 saturated heterocycles. The van der Waals surface area contributed by atoms with Gasteiger partial charge < -0.3 is 24.4 Å². The Balaban J connectivity index is 1.70. The maximum absolute atomic E-state index is 11.8. The largest absolute Gasteiger partial charge is 0.454 e. The summed E-state index contributed by atoms with van der Waals surface area (Å²) < 4.78 is 15.2. The van der Waals surface area contributed by atoms with Gasteiger partial charge in [0, 0.05) is 6.07 Å². The van der Waals surface area contributed by atoms with Crippen molar-refractivity contribution in [2.24, 2.45) is 0 Å². The molecule has 110 valence electrons. The third-order valence-corrected chi connectivity index (χ3v) is 3.25. The second-order valence-corrected chi connectivity index (χ2v) is 4.90. The number of amides is 1. The minimum Gasteiger partial charge on any atom is -0.454 e. The van der Waals surface area contributed by atoms with Gasteiger partial charge in [0.2, 0.25) is 12.6 Å². The molecular weight excluding hydrogens is 276 g/mol. The second kappa shape index (κ2) is 5.10. The van der Waals surface area contributed by atoms with Gasteiger partial charge >= 0.3 is 0 Å². The van der Waals surface area contributed by atoms with Crippen LogP contribution in [0.2, 0.25) is 0 Å². The highest BCUT2D eigenvalue weighted by atomic mass is 16.7. The number of rotatable bonds is 4. The number of aliphatic hydroxyl groups is 1. The first-order valence-electron chi connectivity index (χ1n) is 6.38. The van der Waals surface area contributed by atoms with Crippen LogP contribution in [0.5, 0.6) is 11.5 Å². The van der Waals surface area contributed by atoms with Gasteiger partial charge in [-0.25, -0.2) is 0 Å². The number of benzene rings is 1. The van der Waals surface area contributed by atoms with Crippen LogP contribution in [-0.4, -0.2) is 29.5 Å². The Hall–Kier alpha value is -2.54. The molecule has 7 heteroatoms. The number of carbonyl (C=O) groups excluding carboxylic acids is 1. The fourth-order valence-electron chi connectivity index (χ4n) is 2.01. The van der Waals surface area contributed by atoms with E-state index in [0.29, 0.717) is 17.1 Å². The molecular formula is C14H14N2O5. The van der Waals surface area contributed by atoms with Crippen LogP contribution in [0.25, 0.3) is 0 Å². The van der Waals surface area contributed by atoms with Crippen molar-refractivity contribution < 1.29 is 23.9 Å². The molecule has 0 saturated carbocycles. The maximum Gasteiger partial charge on any atom is 0.290 e. The summed E-state index contributed by atoms with van der Waals surface area (Å²) in [6.45, 7) is 1.79. The van der Waals surface area contributed by atoms with E-state index in [0.717, 1.165) is 0 Å². The van der Waals surface area contributed by atoms with Crippen LogP contribution in [0.3, 0.4) is 0 Å². The van der Waals surface area contributed by atoms with Gasteiger partial charge in [0.25, 0.3) is 5.91 Å². The van der Waals surface area contributed by atoms with E-state index in [4.69, 9.17) is 14.0 Å². The quantitative estimate of drug-likeness (QED) is 0.874. The molecule has 2 heterocycles. The second-order valence-electron chi connectivity index (χ2n) is 4.90. The highest BCUT2D eigenvalue weighted by Gasteiger charge is 2.27. The van der Waals surface area contributed by atoms with Crippen molar-refractivity contribution in [3.05, 3.63) is 41.8 Å². The molecule has 7 nitrogen and oxygen atoms in total. The van der Waals surface area contributed by atoms with Crippen molar-refractivity contribution in [3.8, 4) is 11.5 Å². The SMILES string of the molecule is C[C@](O)(CNC(=O)c1ccno1)c1ccc2c(c1)OCO2. The lowest BCUT2D eigenvalue weighted by molar-refractivity contribution is 0.0515. The molecule has 1 atom stereocenters. The van der Waals surface area contributed by atoms with Crippen LogP contribution in [-0.2, 0) is 5.60 Å². The van der Waals surface area contributed by atoms with Gasteiger partial charge in [0.15, 0.2) is 11.5 Å². The summed E-state index contributed by atoms with van der Waals surface area (Å²) in [6.07, 6.45) is 1.38. The van der Waals surface area contributed by atoms with Gasteiger partial charge in [-0.05, 0) is 24.6 Å². The topological polar surface area (TPSA) is 93.8 Å². The Bertz CT molecular complexity index is 651. The van der Waals surface area contributed by atoms with Crippen molar-refractivity contribution >= 4 is 5.91 Å². The molecule has 1 amide bonds. The summed E-state index contributed by atoms with van der Waals surface area (Å²) in [7, 11) is 0. The molecule has 0 aliphatic carbocycles. The van der Waals surface area contributed by atoms with Crippen LogP contribution in [0.4, 0.5) is 0 Å². The molecule has 1 aliphatic heterocycles. The molecule has 2 N–H and O–H groups in total. The normalized spacial score (nSPS) is 15.5. The van der Waals surface area contributed by atoms with Gasteiger partial charge in [-0.1, -0.05) is 11.2 Å². The lowest BCUT2D eigenvalue weighted by atomic mass is 9.95. The summed E-state index contributed by atoms with van der Waals surface area (Å²) in [5.74, 6) is 0.875. The first-order chi connectivity index (χ1) is 10.1. The predicted octanol–water partition coefficient (Wildman–Crippen LogP) is 1.04. The number of nitrogens with zero attached hydrogens (tertiary/aromatic N) is 1. The molecule has 3 rings (SSSR count). The van der Waals surface area contributed by atoms with Crippen LogP contribution >= 0.6 is 0 Å². The fourth-order valence-corrected chi connectivity index (χ4v) is 2.01. The minimum absolute atomic E-state index is 0.0200. The molecule has 1 aromatic carbocycles. The lowest BCUT2D eigenvalue weighted by Crippen LogP contribution is -2.38. The van der Waals surface area contributed by atoms with E-state index >= 15 is 0 Å². The number of hydrogen-bond acceptors (Lipinski definition) is 6. The zero-order valence-electron chi connectivity index (χ0n) is 11.3. The zero-order valence-corrected chi connectivity index (χ0v) is 11.3. The van der Waals surface area contributed by atoms with Crippen LogP contribution < -0.4 is 14.8 Å². The zero-order chi connectivity index (χ0) is 14.9. The number of hydrogen-bond donors (Lipinski definition) is 2. The molecule has 0 unspecified atom stereocenters. The van der Waals surface area contributed by atoms with Crippen LogP contribution in [0.1, 0.15) is 23.0 Å². The van der Waals surface area contributed by atoms with Crippen molar-refractivity contribution in [2.45, 2.75) is 12.5 Å². The molecule has 0 spiro atoms. The van der Waals surface area contributed by atoms with E-state index in [-0.39, 0.29) is 19.1 Å². The van der Waals surface area contributed by atoms with Gasteiger partial charge in [-0.3, -0.25) is 4.79 Å². The van der Waals surface area contributed by atoms with Crippen molar-refractivity contribution in [1.29, 1.82) is 0 Å². The summed E-state index contributed by atoms with van der Waals surface area (Å²) in [5.41, 5.74) is -0.638. The Kier molecular flexibility index (Phi) is 3.26. The molecule has 1 aliphatic rings. The number of carbonyl (C=O) groups is 1. The summed E-state index contributed by atoms with van der Waals surface area (Å²) >= 11 is 0. The first-order valence-corrected chi connectivity index (χ1v) is 6.38. The van der Waals surface area contributed by atoms with E-state index in [1.807, 2.05) is 0 Å². The Labute approximate surface area is 120 Å². The summed E-state index contributed by atoms with van der Waals surface area (Å²) in [6, 6.07) is 6.60. The number of nitrogens with one attached hydrogen (secondary N) is 1. The van der Waals surface area contributed by atoms with E-state index in [9.17, 15) is 9.90 Å². The average molecular weight is 290 g/mol. The summed E-state index contributed by atoms with van der Waals surface area (Å²) in [5, 5.41) is 16.6. The van der Waals surface area contributed by atoms with E-state index < -0.39 is 11.5 Å². The smallest absolute Gasteiger partial charge is 0.290 e. The Morgan fingerprint density at radius 2 is 2.19 bits per heavy atom. The van der Waals surface area contributed by atoms with Crippen LogP contribution in [0, 0.1) is 0 Å². The van der Waals surface area contributed by atoms with Gasteiger partial charge in [0.05, 0.1) is 12.7 Å². The van der Waals surface area contributed by atoms with Crippen molar-refractivity contribution in [3.63, 3.8) is 0 Å². The number of fused-ring (bicyclic) bond motifs is 1. The van der Waals surface area contributed by atoms with E-state index in [1.165, 1.54) is 12.3 Å². The molecule has 1 aromatic heterocycles. The number of aromatic nitrogens is 1. The highest BCUT2D eigenvalue weighted by Crippen LogP contribution is 2.35. The van der Waals surface area contributed by atoms with Gasteiger partial charge in [0.1, 0.15) is 5.60 Å². The average Bonchev–Trinajstić information content (AvgIpc) is 3.14. The van der Waals surface area contributed by atoms with E-state index in [2.05, 4.69) is 10.5 Å². The predicted molar refractivity (Wildman–Crippen MR) is 71.0 cm³/mol. The van der Waals surface area contributed by atoms with Gasteiger partial charge in [-0.15, -0.1) is 0 Å². The third-order valence-electron chi connectivity index (χ3n) is 3.25. The third kappa shape index (κ3) is 2.68. The van der Waals surface area contributed by atoms with Crippen molar-refractivity contribution in [2.75, 3.05) is 13.3 Å². The molecule has 21 heavy (non-hydrogen) atoms. The molecule has 2 aromatic rings. The minimum atomic E-state index is -1.25.